The third-order valence-corrected chi connectivity index (χ3v) is 7.09. The Hall–Kier alpha value is -4.44. The number of H-pyrrole nitrogens is 2. The van der Waals surface area contributed by atoms with Gasteiger partial charge in [-0.1, -0.05) is 6.07 Å². The van der Waals surface area contributed by atoms with E-state index in [1.54, 1.807) is 23.5 Å². The van der Waals surface area contributed by atoms with E-state index in [0.717, 1.165) is 55.7 Å². The number of imidazole rings is 1. The Morgan fingerprint density at radius 3 is 2.74 bits per heavy atom. The monoisotopic (exact) mass is 510 g/mol. The third-order valence-electron chi connectivity index (χ3n) is 7.09. The standard InChI is InChI=1S/C28H24F2N8/c1-17-13-38(16-33-17)25-4-2-3-23-21(25)9-24(34-23)26-22-8-20(12-32-27(22)36-35-26)19-7-18(10-31-11-19)14-37-6-5-28(29,30)15-37/h2-4,7-13,16,34H,5-6,14-15H2,1H3,(H,32,35,36). The number of nitrogens with one attached hydrogen (secondary N) is 2. The van der Waals surface area contributed by atoms with Gasteiger partial charge in [-0.15, -0.1) is 0 Å². The van der Waals surface area contributed by atoms with Crippen molar-refractivity contribution in [2.75, 3.05) is 13.1 Å². The van der Waals surface area contributed by atoms with Crippen LogP contribution in [0.1, 0.15) is 17.7 Å². The van der Waals surface area contributed by atoms with Gasteiger partial charge in [-0.25, -0.2) is 18.7 Å². The van der Waals surface area contributed by atoms with Gasteiger partial charge in [-0.3, -0.25) is 15.0 Å². The summed E-state index contributed by atoms with van der Waals surface area (Å²) in [4.78, 5) is 18.6. The molecule has 1 aliphatic heterocycles. The summed E-state index contributed by atoms with van der Waals surface area (Å²) in [6.07, 6.45) is 9.00. The highest BCUT2D eigenvalue weighted by Gasteiger charge is 2.37. The average Bonchev–Trinajstić information content (AvgIpc) is 3.69. The van der Waals surface area contributed by atoms with Crippen LogP contribution in [0.4, 0.5) is 8.78 Å². The number of nitrogens with zero attached hydrogens (tertiary/aromatic N) is 6. The average molecular weight is 511 g/mol. The third kappa shape index (κ3) is 4.03. The molecule has 0 amide bonds. The first-order valence-electron chi connectivity index (χ1n) is 12.4. The van der Waals surface area contributed by atoms with E-state index in [9.17, 15) is 8.78 Å². The molecule has 0 spiro atoms. The molecule has 38 heavy (non-hydrogen) atoms. The minimum atomic E-state index is -2.61. The molecule has 0 aliphatic carbocycles. The number of pyridine rings is 2. The molecule has 0 atom stereocenters. The second-order valence-electron chi connectivity index (χ2n) is 9.93. The predicted octanol–water partition coefficient (Wildman–Crippen LogP) is 5.50. The molecule has 7 rings (SSSR count). The zero-order valence-corrected chi connectivity index (χ0v) is 20.6. The zero-order chi connectivity index (χ0) is 25.9. The molecule has 1 aromatic carbocycles. The largest absolute Gasteiger partial charge is 0.353 e. The van der Waals surface area contributed by atoms with E-state index in [-0.39, 0.29) is 13.0 Å². The number of aryl methyl sites for hydroxylation is 1. The summed E-state index contributed by atoms with van der Waals surface area (Å²) in [6, 6.07) is 12.2. The minimum Gasteiger partial charge on any atom is -0.353 e. The van der Waals surface area contributed by atoms with Crippen molar-refractivity contribution in [2.45, 2.75) is 25.8 Å². The van der Waals surface area contributed by atoms with Crippen molar-refractivity contribution in [3.63, 3.8) is 0 Å². The van der Waals surface area contributed by atoms with Crippen LogP contribution in [-0.4, -0.2) is 58.6 Å². The van der Waals surface area contributed by atoms with E-state index in [0.29, 0.717) is 18.7 Å². The van der Waals surface area contributed by atoms with Crippen LogP contribution in [-0.2, 0) is 6.54 Å². The molecule has 10 heteroatoms. The number of likely N-dealkylation sites (tertiary alicyclic amines) is 1. The van der Waals surface area contributed by atoms with Crippen LogP contribution in [0.2, 0.25) is 0 Å². The second-order valence-corrected chi connectivity index (χ2v) is 9.93. The summed E-state index contributed by atoms with van der Waals surface area (Å²) in [7, 11) is 0. The van der Waals surface area contributed by atoms with E-state index in [1.165, 1.54) is 0 Å². The number of aromatic nitrogens is 7. The van der Waals surface area contributed by atoms with Gasteiger partial charge < -0.3 is 9.55 Å². The van der Waals surface area contributed by atoms with Crippen LogP contribution in [0.25, 0.3) is 50.1 Å². The molecule has 0 saturated carbocycles. The topological polar surface area (TPSA) is 91.3 Å². The first-order valence-corrected chi connectivity index (χ1v) is 12.4. The van der Waals surface area contributed by atoms with Crippen molar-refractivity contribution >= 4 is 21.9 Å². The molecule has 5 aromatic heterocycles. The number of fused-ring (bicyclic) bond motifs is 2. The fourth-order valence-corrected chi connectivity index (χ4v) is 5.24. The van der Waals surface area contributed by atoms with Gasteiger partial charge in [0.2, 0.25) is 0 Å². The summed E-state index contributed by atoms with van der Waals surface area (Å²) in [5, 5.41) is 9.54. The molecule has 6 heterocycles. The number of benzene rings is 1. The first kappa shape index (κ1) is 22.7. The highest BCUT2D eigenvalue weighted by Crippen LogP contribution is 2.33. The summed E-state index contributed by atoms with van der Waals surface area (Å²) in [6.45, 7) is 2.58. The van der Waals surface area contributed by atoms with Gasteiger partial charge in [0.25, 0.3) is 5.92 Å². The van der Waals surface area contributed by atoms with E-state index in [1.807, 2.05) is 48.3 Å². The lowest BCUT2D eigenvalue weighted by molar-refractivity contribution is 0.0115. The van der Waals surface area contributed by atoms with Crippen LogP contribution in [0, 0.1) is 6.92 Å². The maximum absolute atomic E-state index is 13.6. The maximum Gasteiger partial charge on any atom is 0.261 e. The van der Waals surface area contributed by atoms with Crippen molar-refractivity contribution in [3.8, 4) is 28.2 Å². The van der Waals surface area contributed by atoms with Gasteiger partial charge in [0, 0.05) is 71.7 Å². The fraction of sp³-hybridized carbons (Fsp3) is 0.214. The molecule has 1 aliphatic rings. The lowest BCUT2D eigenvalue weighted by atomic mass is 10.1. The first-order chi connectivity index (χ1) is 18.4. The summed E-state index contributed by atoms with van der Waals surface area (Å²) in [5.74, 6) is -2.61. The summed E-state index contributed by atoms with van der Waals surface area (Å²) in [5.41, 5.74) is 7.94. The highest BCUT2D eigenvalue weighted by molar-refractivity contribution is 5.98. The minimum absolute atomic E-state index is 0.0960. The number of halogens is 2. The molecule has 1 saturated heterocycles. The molecular formula is C28H24F2N8. The molecule has 0 bridgehead atoms. The lowest BCUT2D eigenvalue weighted by Crippen LogP contribution is -2.24. The van der Waals surface area contributed by atoms with Gasteiger partial charge in [0.15, 0.2) is 5.65 Å². The number of rotatable bonds is 5. The van der Waals surface area contributed by atoms with E-state index in [4.69, 9.17) is 0 Å². The maximum atomic E-state index is 13.6. The number of hydrogen-bond donors (Lipinski definition) is 2. The molecule has 8 nitrogen and oxygen atoms in total. The Morgan fingerprint density at radius 2 is 1.92 bits per heavy atom. The van der Waals surface area contributed by atoms with Crippen molar-refractivity contribution < 1.29 is 8.78 Å². The molecule has 0 unspecified atom stereocenters. The molecule has 1 fully saturated rings. The van der Waals surface area contributed by atoms with E-state index >= 15 is 0 Å². The van der Waals surface area contributed by atoms with Crippen LogP contribution in [0.5, 0.6) is 0 Å². The highest BCUT2D eigenvalue weighted by atomic mass is 19.3. The van der Waals surface area contributed by atoms with Crippen molar-refractivity contribution in [2.24, 2.45) is 0 Å². The van der Waals surface area contributed by atoms with E-state index < -0.39 is 5.92 Å². The van der Waals surface area contributed by atoms with Crippen LogP contribution < -0.4 is 0 Å². The molecular weight excluding hydrogens is 486 g/mol. The van der Waals surface area contributed by atoms with Crippen molar-refractivity contribution in [1.29, 1.82) is 0 Å². The molecule has 2 N–H and O–H groups in total. The van der Waals surface area contributed by atoms with Crippen LogP contribution in [0.3, 0.4) is 0 Å². The number of aromatic amines is 2. The summed E-state index contributed by atoms with van der Waals surface area (Å²) >= 11 is 0. The molecule has 0 radical (unpaired) electrons. The van der Waals surface area contributed by atoms with E-state index in [2.05, 4.69) is 42.3 Å². The fourth-order valence-electron chi connectivity index (χ4n) is 5.24. The van der Waals surface area contributed by atoms with Crippen molar-refractivity contribution in [3.05, 3.63) is 78.8 Å². The van der Waals surface area contributed by atoms with Gasteiger partial charge in [0.05, 0.1) is 29.9 Å². The second kappa shape index (κ2) is 8.56. The smallest absolute Gasteiger partial charge is 0.261 e. The Morgan fingerprint density at radius 1 is 1.03 bits per heavy atom. The number of alkyl halides is 2. The van der Waals surface area contributed by atoms with Crippen LogP contribution >= 0.6 is 0 Å². The normalized spacial score (nSPS) is 15.7. The Bertz CT molecular complexity index is 1800. The van der Waals surface area contributed by atoms with Gasteiger partial charge in [-0.05, 0) is 42.8 Å². The Labute approximate surface area is 216 Å². The van der Waals surface area contributed by atoms with Crippen LogP contribution in [0.15, 0.2) is 67.5 Å². The summed E-state index contributed by atoms with van der Waals surface area (Å²) < 4.78 is 29.3. The quantitative estimate of drug-likeness (QED) is 0.319. The van der Waals surface area contributed by atoms with Gasteiger partial charge in [0.1, 0.15) is 5.69 Å². The van der Waals surface area contributed by atoms with Gasteiger partial charge in [-0.2, -0.15) is 5.10 Å². The van der Waals surface area contributed by atoms with Gasteiger partial charge >= 0.3 is 0 Å². The molecule has 6 aromatic rings. The lowest BCUT2D eigenvalue weighted by Gasteiger charge is -2.15. The zero-order valence-electron chi connectivity index (χ0n) is 20.6. The number of hydrogen-bond acceptors (Lipinski definition) is 5. The Kier molecular flexibility index (Phi) is 5.12. The Balaban J connectivity index is 1.24. The molecule has 190 valence electrons. The SMILES string of the molecule is Cc1cn(-c2cccc3[nH]c(-c4n[nH]c5ncc(-c6cncc(CN7CCC(F)(F)C7)c6)cc45)cc23)cn1. The van der Waals surface area contributed by atoms with Crippen molar-refractivity contribution in [1.82, 2.24) is 39.6 Å². The predicted molar refractivity (Wildman–Crippen MR) is 141 cm³/mol.